The third-order valence-corrected chi connectivity index (χ3v) is 4.17. The summed E-state index contributed by atoms with van der Waals surface area (Å²) in [6.45, 7) is 2.45. The van der Waals surface area contributed by atoms with Gasteiger partial charge in [0.15, 0.2) is 0 Å². The van der Waals surface area contributed by atoms with Crippen molar-refractivity contribution in [2.24, 2.45) is 5.10 Å². The van der Waals surface area contributed by atoms with Crippen LogP contribution in [0.15, 0.2) is 71.8 Å². The quantitative estimate of drug-likeness (QED) is 0.325. The fraction of sp³-hybridized carbons (Fsp3) is 0.0952. The lowest BCUT2D eigenvalue weighted by molar-refractivity contribution is -0.393. The third-order valence-electron chi connectivity index (χ3n) is 4.17. The summed E-state index contributed by atoms with van der Waals surface area (Å²) >= 11 is 0. The van der Waals surface area contributed by atoms with Gasteiger partial charge in [-0.3, -0.25) is 25.7 Å². The predicted octanol–water partition coefficient (Wildman–Crippen LogP) is 4.84. The number of nitro groups is 2. The Balaban J connectivity index is 1.66. The molecule has 3 rings (SSSR count). The minimum absolute atomic E-state index is 0.0497. The lowest BCUT2D eigenvalue weighted by atomic mass is 10.2. The zero-order chi connectivity index (χ0) is 21.5. The molecule has 152 valence electrons. The number of hydrogen-bond acceptors (Lipinski definition) is 7. The van der Waals surface area contributed by atoms with Crippen LogP contribution >= 0.6 is 0 Å². The molecule has 0 heterocycles. The first kappa shape index (κ1) is 20.5. The number of nitro benzene ring substituents is 2. The molecule has 9 heteroatoms. The fourth-order valence-corrected chi connectivity index (χ4v) is 2.59. The van der Waals surface area contributed by atoms with E-state index in [1.54, 1.807) is 18.2 Å². The molecule has 0 radical (unpaired) electrons. The van der Waals surface area contributed by atoms with Gasteiger partial charge < -0.3 is 4.74 Å². The zero-order valence-corrected chi connectivity index (χ0v) is 16.0. The average Bonchev–Trinajstić information content (AvgIpc) is 2.73. The minimum atomic E-state index is -0.704. The van der Waals surface area contributed by atoms with Crippen LogP contribution in [0.4, 0.5) is 17.1 Å². The summed E-state index contributed by atoms with van der Waals surface area (Å²) in [5.74, 6) is 0.654. The Morgan fingerprint density at radius 3 is 2.47 bits per heavy atom. The number of rotatable bonds is 8. The second-order valence-corrected chi connectivity index (χ2v) is 6.43. The highest BCUT2D eigenvalue weighted by molar-refractivity contribution is 5.81. The molecule has 0 amide bonds. The zero-order valence-electron chi connectivity index (χ0n) is 16.0. The van der Waals surface area contributed by atoms with E-state index in [0.29, 0.717) is 17.9 Å². The molecule has 1 N–H and O–H groups in total. The van der Waals surface area contributed by atoms with Gasteiger partial charge in [0, 0.05) is 6.07 Å². The molecule has 3 aromatic rings. The van der Waals surface area contributed by atoms with Crippen molar-refractivity contribution in [3.05, 3.63) is 104 Å². The smallest absolute Gasteiger partial charge is 0.301 e. The summed E-state index contributed by atoms with van der Waals surface area (Å²) < 4.78 is 5.79. The number of benzene rings is 3. The molecule has 0 aliphatic heterocycles. The monoisotopic (exact) mass is 406 g/mol. The van der Waals surface area contributed by atoms with Gasteiger partial charge in [0.1, 0.15) is 18.0 Å². The fourth-order valence-electron chi connectivity index (χ4n) is 2.59. The number of nitrogens with zero attached hydrogens (tertiary/aromatic N) is 3. The van der Waals surface area contributed by atoms with Gasteiger partial charge in [-0.25, -0.2) is 0 Å². The van der Waals surface area contributed by atoms with Crippen molar-refractivity contribution in [3.8, 4) is 5.75 Å². The number of anilines is 1. The van der Waals surface area contributed by atoms with Gasteiger partial charge in [0.05, 0.1) is 22.1 Å². The molecule has 3 aromatic carbocycles. The van der Waals surface area contributed by atoms with E-state index in [1.165, 1.54) is 23.9 Å². The summed E-state index contributed by atoms with van der Waals surface area (Å²) in [7, 11) is 0. The second kappa shape index (κ2) is 9.28. The van der Waals surface area contributed by atoms with Crippen molar-refractivity contribution < 1.29 is 14.6 Å². The van der Waals surface area contributed by atoms with Crippen molar-refractivity contribution in [3.63, 3.8) is 0 Å². The molecular formula is C21H18N4O5. The highest BCUT2D eigenvalue weighted by atomic mass is 16.6. The summed E-state index contributed by atoms with van der Waals surface area (Å²) in [4.78, 5) is 20.6. The maximum atomic E-state index is 11.2. The largest absolute Gasteiger partial charge is 0.489 e. The first-order valence-corrected chi connectivity index (χ1v) is 8.93. The Labute approximate surface area is 171 Å². The van der Waals surface area contributed by atoms with Crippen LogP contribution in [0.1, 0.15) is 16.7 Å². The third kappa shape index (κ3) is 5.38. The Morgan fingerprint density at radius 1 is 1.00 bits per heavy atom. The summed E-state index contributed by atoms with van der Waals surface area (Å²) in [5, 5.41) is 25.9. The Kier molecular flexibility index (Phi) is 6.33. The number of ether oxygens (including phenoxy) is 1. The molecule has 0 aromatic heterocycles. The topological polar surface area (TPSA) is 120 Å². The van der Waals surface area contributed by atoms with Crippen LogP contribution < -0.4 is 10.2 Å². The van der Waals surface area contributed by atoms with E-state index in [9.17, 15) is 20.2 Å². The summed E-state index contributed by atoms with van der Waals surface area (Å²) in [6.07, 6.45) is 1.48. The van der Waals surface area contributed by atoms with E-state index in [4.69, 9.17) is 4.74 Å². The SMILES string of the molecule is Cc1ccc(COc2cccc(/C=N\Nc3ccc([N+](=O)[O-])cc3[N+](=O)[O-])c2)cc1. The highest BCUT2D eigenvalue weighted by Gasteiger charge is 2.19. The van der Waals surface area contributed by atoms with Crippen molar-refractivity contribution in [2.75, 3.05) is 5.43 Å². The van der Waals surface area contributed by atoms with E-state index in [0.717, 1.165) is 11.6 Å². The van der Waals surface area contributed by atoms with Crippen LogP contribution in [0.25, 0.3) is 0 Å². The number of hydrogen-bond donors (Lipinski definition) is 1. The van der Waals surface area contributed by atoms with Gasteiger partial charge in [0.25, 0.3) is 5.69 Å². The Bertz CT molecular complexity index is 1100. The highest BCUT2D eigenvalue weighted by Crippen LogP contribution is 2.28. The average molecular weight is 406 g/mol. The van der Waals surface area contributed by atoms with E-state index in [2.05, 4.69) is 10.5 Å². The van der Waals surface area contributed by atoms with Crippen LogP contribution in [0.3, 0.4) is 0 Å². The first-order chi connectivity index (χ1) is 14.4. The van der Waals surface area contributed by atoms with Crippen molar-refractivity contribution >= 4 is 23.3 Å². The van der Waals surface area contributed by atoms with E-state index < -0.39 is 15.5 Å². The molecule has 0 fully saturated rings. The predicted molar refractivity (Wildman–Crippen MR) is 113 cm³/mol. The normalized spacial score (nSPS) is 10.7. The van der Waals surface area contributed by atoms with Crippen LogP contribution in [0.5, 0.6) is 5.75 Å². The van der Waals surface area contributed by atoms with Gasteiger partial charge in [-0.1, -0.05) is 42.0 Å². The van der Waals surface area contributed by atoms with Crippen molar-refractivity contribution in [1.29, 1.82) is 0 Å². The maximum absolute atomic E-state index is 11.2. The van der Waals surface area contributed by atoms with Crippen LogP contribution in [0, 0.1) is 27.2 Å². The van der Waals surface area contributed by atoms with E-state index in [-0.39, 0.29) is 11.4 Å². The van der Waals surface area contributed by atoms with Crippen LogP contribution in [0.2, 0.25) is 0 Å². The molecule has 0 saturated heterocycles. The van der Waals surface area contributed by atoms with Crippen molar-refractivity contribution in [1.82, 2.24) is 0 Å². The van der Waals surface area contributed by atoms with Gasteiger partial charge in [-0.05, 0) is 36.2 Å². The summed E-state index contributed by atoms with van der Waals surface area (Å²) in [6, 6.07) is 18.5. The lowest BCUT2D eigenvalue weighted by Crippen LogP contribution is -1.99. The molecule has 9 nitrogen and oxygen atoms in total. The van der Waals surface area contributed by atoms with Crippen LogP contribution in [-0.4, -0.2) is 16.1 Å². The van der Waals surface area contributed by atoms with Crippen LogP contribution in [-0.2, 0) is 6.61 Å². The molecule has 0 bridgehead atoms. The van der Waals surface area contributed by atoms with Gasteiger partial charge in [0.2, 0.25) is 0 Å². The number of nitrogens with one attached hydrogen (secondary N) is 1. The molecule has 0 aliphatic carbocycles. The molecule has 0 atom stereocenters. The molecule has 0 aliphatic rings. The first-order valence-electron chi connectivity index (χ1n) is 8.93. The number of non-ortho nitro benzene ring substituents is 1. The van der Waals surface area contributed by atoms with Gasteiger partial charge in [-0.15, -0.1) is 0 Å². The molecule has 0 spiro atoms. The standard InChI is InChI=1S/C21H18N4O5/c1-15-5-7-16(8-6-15)14-30-19-4-2-3-17(11-19)13-22-23-20-10-9-18(24(26)27)12-21(20)25(28)29/h2-13,23H,14H2,1H3/b22-13-. The second-order valence-electron chi connectivity index (χ2n) is 6.43. The van der Waals surface area contributed by atoms with Gasteiger partial charge in [-0.2, -0.15) is 5.10 Å². The molecular weight excluding hydrogens is 388 g/mol. The Hall–Kier alpha value is -4.27. The minimum Gasteiger partial charge on any atom is -0.489 e. The van der Waals surface area contributed by atoms with Gasteiger partial charge >= 0.3 is 5.69 Å². The van der Waals surface area contributed by atoms with E-state index >= 15 is 0 Å². The summed E-state index contributed by atoms with van der Waals surface area (Å²) in [5.41, 5.74) is 4.75. The molecule has 0 saturated carbocycles. The number of hydrazone groups is 1. The van der Waals surface area contributed by atoms with Crippen molar-refractivity contribution in [2.45, 2.75) is 13.5 Å². The Morgan fingerprint density at radius 2 is 1.77 bits per heavy atom. The van der Waals surface area contributed by atoms with E-state index in [1.807, 2.05) is 37.3 Å². The molecule has 0 unspecified atom stereocenters. The lowest BCUT2D eigenvalue weighted by Gasteiger charge is -2.07. The molecule has 30 heavy (non-hydrogen) atoms. The maximum Gasteiger partial charge on any atom is 0.301 e. The number of aryl methyl sites for hydroxylation is 1.